The van der Waals surface area contributed by atoms with Crippen LogP contribution in [0.2, 0.25) is 10.0 Å². The van der Waals surface area contributed by atoms with Gasteiger partial charge in [0.15, 0.2) is 0 Å². The molecule has 0 saturated carbocycles. The minimum absolute atomic E-state index is 0.0998. The number of benzene rings is 2. The summed E-state index contributed by atoms with van der Waals surface area (Å²) in [6.07, 6.45) is 1.67. The van der Waals surface area contributed by atoms with Gasteiger partial charge in [-0.05, 0) is 42.8 Å². The molecule has 116 valence electrons. The Balaban J connectivity index is 2.07. The maximum Gasteiger partial charge on any atom is 0.289 e. The van der Waals surface area contributed by atoms with E-state index in [4.69, 9.17) is 23.2 Å². The number of anilines is 2. The lowest BCUT2D eigenvalue weighted by molar-refractivity contribution is -0.384. The van der Waals surface area contributed by atoms with Gasteiger partial charge in [0, 0.05) is 34.0 Å². The highest BCUT2D eigenvalue weighted by atomic mass is 35.5. The maximum absolute atomic E-state index is 11.0. The van der Waals surface area contributed by atoms with Crippen LogP contribution in [-0.4, -0.2) is 9.91 Å². The molecule has 3 aromatic rings. The molecule has 1 N–H and O–H groups in total. The monoisotopic (exact) mass is 347 g/mol. The Morgan fingerprint density at radius 3 is 2.61 bits per heavy atom. The normalized spacial score (nSPS) is 10.7. The number of fused-ring (bicyclic) bond motifs is 1. The number of aromatic nitrogens is 1. The van der Waals surface area contributed by atoms with Gasteiger partial charge in [0.1, 0.15) is 5.02 Å². The summed E-state index contributed by atoms with van der Waals surface area (Å²) in [6, 6.07) is 10.0. The van der Waals surface area contributed by atoms with Crippen molar-refractivity contribution < 1.29 is 4.92 Å². The number of rotatable bonds is 3. The van der Waals surface area contributed by atoms with Crippen LogP contribution < -0.4 is 5.32 Å². The second-order valence-electron chi connectivity index (χ2n) is 4.98. The van der Waals surface area contributed by atoms with Gasteiger partial charge in [-0.15, -0.1) is 0 Å². The van der Waals surface area contributed by atoms with Crippen LogP contribution in [0.25, 0.3) is 10.9 Å². The molecule has 0 aliphatic rings. The van der Waals surface area contributed by atoms with Crippen molar-refractivity contribution in [2.75, 3.05) is 5.32 Å². The molecule has 1 aromatic heterocycles. The number of nitrogens with one attached hydrogen (secondary N) is 1. The number of aryl methyl sites for hydroxylation is 1. The molecular formula is C16H11Cl2N3O2. The van der Waals surface area contributed by atoms with Crippen LogP contribution in [0.5, 0.6) is 0 Å². The number of hydrogen-bond donors (Lipinski definition) is 1. The molecule has 7 heteroatoms. The van der Waals surface area contributed by atoms with Crippen LogP contribution >= 0.6 is 23.2 Å². The van der Waals surface area contributed by atoms with Crippen LogP contribution in [0, 0.1) is 17.0 Å². The van der Waals surface area contributed by atoms with E-state index in [0.29, 0.717) is 10.7 Å². The van der Waals surface area contributed by atoms with E-state index in [1.807, 2.05) is 13.0 Å². The van der Waals surface area contributed by atoms with Crippen molar-refractivity contribution in [2.45, 2.75) is 6.92 Å². The zero-order valence-corrected chi connectivity index (χ0v) is 13.5. The molecule has 0 radical (unpaired) electrons. The van der Waals surface area contributed by atoms with Crippen molar-refractivity contribution in [2.24, 2.45) is 0 Å². The molecule has 0 amide bonds. The van der Waals surface area contributed by atoms with Crippen LogP contribution in [0.3, 0.4) is 0 Å². The van der Waals surface area contributed by atoms with Gasteiger partial charge in [0.2, 0.25) is 0 Å². The van der Waals surface area contributed by atoms with Crippen LogP contribution in [0.1, 0.15) is 5.56 Å². The fraction of sp³-hybridized carbons (Fsp3) is 0.0625. The second-order valence-corrected chi connectivity index (χ2v) is 5.79. The zero-order valence-electron chi connectivity index (χ0n) is 12.0. The summed E-state index contributed by atoms with van der Waals surface area (Å²) in [6.45, 7) is 1.90. The van der Waals surface area contributed by atoms with E-state index < -0.39 is 4.92 Å². The maximum atomic E-state index is 11.0. The molecular weight excluding hydrogens is 337 g/mol. The topological polar surface area (TPSA) is 68.1 Å². The molecule has 0 atom stereocenters. The molecule has 1 heterocycles. The highest BCUT2D eigenvalue weighted by molar-refractivity contribution is 6.33. The van der Waals surface area contributed by atoms with Crippen LogP contribution in [0.4, 0.5) is 17.1 Å². The van der Waals surface area contributed by atoms with E-state index in [2.05, 4.69) is 10.3 Å². The third kappa shape index (κ3) is 2.93. The predicted octanol–water partition coefficient (Wildman–Crippen LogP) is 5.50. The lowest BCUT2D eigenvalue weighted by Crippen LogP contribution is -1.96. The first-order chi connectivity index (χ1) is 11.0. The second kappa shape index (κ2) is 6.02. The first-order valence-electron chi connectivity index (χ1n) is 6.72. The van der Waals surface area contributed by atoms with Crippen LogP contribution in [0.15, 0.2) is 42.6 Å². The molecule has 3 rings (SSSR count). The fourth-order valence-corrected chi connectivity index (χ4v) is 2.67. The average Bonchev–Trinajstić information content (AvgIpc) is 2.53. The van der Waals surface area contributed by atoms with E-state index in [0.717, 1.165) is 22.2 Å². The molecule has 23 heavy (non-hydrogen) atoms. The van der Waals surface area contributed by atoms with Crippen molar-refractivity contribution in [3.8, 4) is 0 Å². The Kier molecular flexibility index (Phi) is 4.07. The van der Waals surface area contributed by atoms with Crippen LogP contribution in [-0.2, 0) is 0 Å². The predicted molar refractivity (Wildman–Crippen MR) is 92.9 cm³/mol. The van der Waals surface area contributed by atoms with Gasteiger partial charge in [-0.3, -0.25) is 15.1 Å². The minimum atomic E-state index is -0.512. The first-order valence-corrected chi connectivity index (χ1v) is 7.48. The van der Waals surface area contributed by atoms with E-state index in [1.54, 1.807) is 24.4 Å². The van der Waals surface area contributed by atoms with Crippen molar-refractivity contribution in [3.63, 3.8) is 0 Å². The minimum Gasteiger partial charge on any atom is -0.355 e. The summed E-state index contributed by atoms with van der Waals surface area (Å²) in [5.74, 6) is 0. The van der Waals surface area contributed by atoms with Gasteiger partial charge in [-0.1, -0.05) is 23.2 Å². The highest BCUT2D eigenvalue weighted by Crippen LogP contribution is 2.33. The first kappa shape index (κ1) is 15.5. The largest absolute Gasteiger partial charge is 0.355 e. The SMILES string of the molecule is Cc1c(Cl)ccc2c(Nc3ccc(Cl)c([N+](=O)[O-])c3)ccnc12. The number of halogens is 2. The van der Waals surface area contributed by atoms with Crippen molar-refractivity contribution >= 4 is 51.2 Å². The Morgan fingerprint density at radius 2 is 1.87 bits per heavy atom. The summed E-state index contributed by atoms with van der Waals surface area (Å²) < 4.78 is 0. The fourth-order valence-electron chi connectivity index (χ4n) is 2.33. The molecule has 2 aromatic carbocycles. The van der Waals surface area contributed by atoms with Gasteiger partial charge in [0.25, 0.3) is 5.69 Å². The Hall–Kier alpha value is -2.37. The van der Waals surface area contributed by atoms with Gasteiger partial charge in [0.05, 0.1) is 10.4 Å². The molecule has 0 unspecified atom stereocenters. The summed E-state index contributed by atoms with van der Waals surface area (Å²) >= 11 is 12.0. The molecule has 0 aliphatic heterocycles. The van der Waals surface area contributed by atoms with Gasteiger partial charge < -0.3 is 5.32 Å². The van der Waals surface area contributed by atoms with E-state index >= 15 is 0 Å². The van der Waals surface area contributed by atoms with E-state index in [9.17, 15) is 10.1 Å². The summed E-state index contributed by atoms with van der Waals surface area (Å²) in [5.41, 5.74) is 2.88. The summed E-state index contributed by atoms with van der Waals surface area (Å²) in [4.78, 5) is 14.8. The molecule has 0 bridgehead atoms. The molecule has 5 nitrogen and oxygen atoms in total. The number of nitro groups is 1. The van der Waals surface area contributed by atoms with E-state index in [-0.39, 0.29) is 10.7 Å². The summed E-state index contributed by atoms with van der Waals surface area (Å²) in [7, 11) is 0. The molecule has 0 aliphatic carbocycles. The van der Waals surface area contributed by atoms with Gasteiger partial charge >= 0.3 is 0 Å². The van der Waals surface area contributed by atoms with Gasteiger partial charge in [-0.2, -0.15) is 0 Å². The Labute approximate surface area is 142 Å². The third-order valence-corrected chi connectivity index (χ3v) is 4.25. The van der Waals surface area contributed by atoms with Crippen molar-refractivity contribution in [1.82, 2.24) is 4.98 Å². The lowest BCUT2D eigenvalue weighted by atomic mass is 10.1. The zero-order chi connectivity index (χ0) is 16.6. The third-order valence-electron chi connectivity index (χ3n) is 3.52. The average molecular weight is 348 g/mol. The smallest absolute Gasteiger partial charge is 0.289 e. The number of pyridine rings is 1. The lowest BCUT2D eigenvalue weighted by Gasteiger charge is -2.11. The standard InChI is InChI=1S/C16H11Cl2N3O2/c1-9-12(17)5-3-11-14(6-7-19-16(9)11)20-10-2-4-13(18)15(8-10)21(22)23/h2-8H,1H3,(H,19,20). The number of nitrogens with zero attached hydrogens (tertiary/aromatic N) is 2. The van der Waals surface area contributed by atoms with Crippen molar-refractivity contribution in [3.05, 3.63) is 68.3 Å². The quantitative estimate of drug-likeness (QED) is 0.501. The Morgan fingerprint density at radius 1 is 1.13 bits per heavy atom. The Bertz CT molecular complexity index is 929. The number of nitro benzene ring substituents is 1. The van der Waals surface area contributed by atoms with E-state index in [1.165, 1.54) is 12.1 Å². The molecule has 0 saturated heterocycles. The number of hydrogen-bond acceptors (Lipinski definition) is 4. The van der Waals surface area contributed by atoms with Crippen molar-refractivity contribution in [1.29, 1.82) is 0 Å². The van der Waals surface area contributed by atoms with Gasteiger partial charge in [-0.25, -0.2) is 0 Å². The molecule has 0 fully saturated rings. The highest BCUT2D eigenvalue weighted by Gasteiger charge is 2.14. The summed E-state index contributed by atoms with van der Waals surface area (Å²) in [5, 5.41) is 15.8. The molecule has 0 spiro atoms.